The highest BCUT2D eigenvalue weighted by molar-refractivity contribution is 4.94. The second-order valence-corrected chi connectivity index (χ2v) is 9.75. The first-order valence-corrected chi connectivity index (χ1v) is 12.3. The molecule has 0 aromatic rings. The fraction of sp³-hybridized carbons (Fsp3) is 1.00. The molecular weight excluding hydrogens is 540 g/mol. The van der Waals surface area contributed by atoms with Gasteiger partial charge in [-0.25, -0.2) is 0 Å². The minimum atomic E-state index is -1.71. The fourth-order valence-electron chi connectivity index (χ4n) is 4.70. The first kappa shape index (κ1) is 31.2. The molecule has 0 spiro atoms. The van der Waals surface area contributed by atoms with Gasteiger partial charge in [0.15, 0.2) is 25.2 Å². The van der Waals surface area contributed by atoms with Crippen LogP contribution in [0.15, 0.2) is 0 Å². The summed E-state index contributed by atoms with van der Waals surface area (Å²) in [7, 11) is 0. The van der Waals surface area contributed by atoms with Gasteiger partial charge < -0.3 is 89.3 Å². The summed E-state index contributed by atoms with van der Waals surface area (Å²) >= 11 is 0. The molecule has 0 aromatic heterocycles. The molecule has 4 fully saturated rings. The SMILES string of the molecule is OC[C@H]1OC(OC[C@H]2OC(O[C@@H]3C(OC[C@H]4OC(O)[C@@H](O)[C@@H]4O)O[C@H](CO)[C@H]3O)[C@@H](O)[C@@H]2O)[C@@H](O)[C@@H](O)[C@@H]1O. The summed E-state index contributed by atoms with van der Waals surface area (Å²) in [6, 6.07) is 0. The van der Waals surface area contributed by atoms with Crippen molar-refractivity contribution in [3.63, 3.8) is 0 Å². The van der Waals surface area contributed by atoms with E-state index in [9.17, 15) is 56.2 Å². The Morgan fingerprint density at radius 1 is 0.436 bits per heavy atom. The molecule has 4 heterocycles. The zero-order valence-electron chi connectivity index (χ0n) is 20.4. The lowest BCUT2D eigenvalue weighted by molar-refractivity contribution is -0.308. The second kappa shape index (κ2) is 13.1. The van der Waals surface area contributed by atoms with Gasteiger partial charge >= 0.3 is 0 Å². The largest absolute Gasteiger partial charge is 0.394 e. The van der Waals surface area contributed by atoms with E-state index in [1.807, 2.05) is 0 Å². The highest BCUT2D eigenvalue weighted by Crippen LogP contribution is 2.32. The maximum absolute atomic E-state index is 10.5. The van der Waals surface area contributed by atoms with E-state index in [0.29, 0.717) is 0 Å². The van der Waals surface area contributed by atoms with E-state index in [0.717, 1.165) is 0 Å². The van der Waals surface area contributed by atoms with Crippen LogP contribution in [0.4, 0.5) is 0 Å². The summed E-state index contributed by atoms with van der Waals surface area (Å²) in [4.78, 5) is 0. The zero-order chi connectivity index (χ0) is 28.6. The van der Waals surface area contributed by atoms with Gasteiger partial charge in [0.05, 0.1) is 26.4 Å². The third-order valence-corrected chi connectivity index (χ3v) is 7.12. The minimum Gasteiger partial charge on any atom is -0.394 e. The van der Waals surface area contributed by atoms with Gasteiger partial charge in [0, 0.05) is 0 Å². The number of rotatable bonds is 10. The van der Waals surface area contributed by atoms with Crippen molar-refractivity contribution in [3.05, 3.63) is 0 Å². The maximum atomic E-state index is 10.5. The molecule has 0 saturated carbocycles. The van der Waals surface area contributed by atoms with Crippen LogP contribution in [0, 0.1) is 0 Å². The molecule has 0 bridgehead atoms. The molecule has 17 atom stereocenters. The van der Waals surface area contributed by atoms with Crippen LogP contribution in [0.2, 0.25) is 0 Å². The standard InChI is InChI=1S/C21H36O18/c22-1-5-9(24)13(28)16(31)19(36-5)33-4-8-11(26)15(30)20(38-8)39-17-12(27)6(2-23)37-21(17)34-3-7-10(25)14(29)18(32)35-7/h5-32H,1-4H2/t5-,6-,7-,8-,9-,10-,11-,12-,13+,14+,15+,16+,17+,18?,19?,20?,21?/m1/s1. The van der Waals surface area contributed by atoms with Gasteiger partial charge in [-0.2, -0.15) is 0 Å². The molecule has 39 heavy (non-hydrogen) atoms. The van der Waals surface area contributed by atoms with E-state index in [-0.39, 0.29) is 0 Å². The Bertz CT molecular complexity index is 775. The Hall–Kier alpha value is -0.720. The van der Waals surface area contributed by atoms with Crippen molar-refractivity contribution in [2.24, 2.45) is 0 Å². The number of aliphatic hydroxyl groups excluding tert-OH is 11. The Morgan fingerprint density at radius 2 is 0.897 bits per heavy atom. The highest BCUT2D eigenvalue weighted by Gasteiger charge is 2.52. The summed E-state index contributed by atoms with van der Waals surface area (Å²) in [5.74, 6) is 0. The van der Waals surface area contributed by atoms with E-state index in [2.05, 4.69) is 0 Å². The van der Waals surface area contributed by atoms with Crippen LogP contribution in [0.1, 0.15) is 0 Å². The Balaban J connectivity index is 1.34. The van der Waals surface area contributed by atoms with E-state index in [1.165, 1.54) is 0 Å². The molecule has 0 radical (unpaired) electrons. The lowest BCUT2D eigenvalue weighted by Crippen LogP contribution is -2.59. The van der Waals surface area contributed by atoms with Gasteiger partial charge in [-0.15, -0.1) is 0 Å². The predicted molar refractivity (Wildman–Crippen MR) is 116 cm³/mol. The highest BCUT2D eigenvalue weighted by atomic mass is 16.8. The summed E-state index contributed by atoms with van der Waals surface area (Å²) in [5.41, 5.74) is 0. The van der Waals surface area contributed by atoms with E-state index in [1.54, 1.807) is 0 Å². The van der Waals surface area contributed by atoms with Gasteiger partial charge in [0.2, 0.25) is 0 Å². The van der Waals surface area contributed by atoms with E-state index in [4.69, 9.17) is 33.2 Å². The summed E-state index contributed by atoms with van der Waals surface area (Å²) in [6.45, 7) is -2.27. The molecule has 4 rings (SSSR count). The maximum Gasteiger partial charge on any atom is 0.187 e. The van der Waals surface area contributed by atoms with Crippen molar-refractivity contribution >= 4 is 0 Å². The molecule has 0 amide bonds. The molecule has 0 aliphatic carbocycles. The first-order chi connectivity index (χ1) is 18.5. The topological polar surface area (TPSA) is 287 Å². The van der Waals surface area contributed by atoms with Crippen LogP contribution in [0.25, 0.3) is 0 Å². The predicted octanol–water partition coefficient (Wildman–Crippen LogP) is -7.83. The average molecular weight is 577 g/mol. The number of hydrogen-bond donors (Lipinski definition) is 11. The van der Waals surface area contributed by atoms with Crippen LogP contribution in [-0.4, -0.2) is 187 Å². The number of hydrogen-bond acceptors (Lipinski definition) is 18. The molecule has 4 aliphatic rings. The Morgan fingerprint density at radius 3 is 1.49 bits per heavy atom. The number of ether oxygens (including phenoxy) is 7. The average Bonchev–Trinajstić information content (AvgIpc) is 3.47. The van der Waals surface area contributed by atoms with E-state index < -0.39 is 131 Å². The molecule has 4 aliphatic heterocycles. The van der Waals surface area contributed by atoms with Gasteiger partial charge in [-0.05, 0) is 0 Å². The summed E-state index contributed by atoms with van der Waals surface area (Å²) in [5, 5.41) is 109. The van der Waals surface area contributed by atoms with Crippen molar-refractivity contribution in [1.82, 2.24) is 0 Å². The monoisotopic (exact) mass is 576 g/mol. The molecule has 11 N–H and O–H groups in total. The third-order valence-electron chi connectivity index (χ3n) is 7.12. The molecular formula is C21H36O18. The molecule has 4 saturated heterocycles. The molecule has 18 nitrogen and oxygen atoms in total. The smallest absolute Gasteiger partial charge is 0.187 e. The summed E-state index contributed by atoms with van der Waals surface area (Å²) < 4.78 is 37.6. The van der Waals surface area contributed by atoms with Gasteiger partial charge in [-0.1, -0.05) is 0 Å². The summed E-state index contributed by atoms with van der Waals surface area (Å²) in [6.07, 6.45) is -25.2. The fourth-order valence-corrected chi connectivity index (χ4v) is 4.70. The Kier molecular flexibility index (Phi) is 10.5. The lowest BCUT2D eigenvalue weighted by atomic mass is 9.99. The Labute approximate surface area is 221 Å². The van der Waals surface area contributed by atoms with Gasteiger partial charge in [-0.3, -0.25) is 0 Å². The van der Waals surface area contributed by atoms with Crippen LogP contribution in [0.5, 0.6) is 0 Å². The van der Waals surface area contributed by atoms with Crippen molar-refractivity contribution in [3.8, 4) is 0 Å². The van der Waals surface area contributed by atoms with Crippen molar-refractivity contribution < 1.29 is 89.3 Å². The number of aliphatic hydroxyl groups is 11. The van der Waals surface area contributed by atoms with Crippen LogP contribution >= 0.6 is 0 Å². The van der Waals surface area contributed by atoms with Crippen LogP contribution < -0.4 is 0 Å². The third kappa shape index (κ3) is 6.38. The zero-order valence-corrected chi connectivity index (χ0v) is 20.4. The van der Waals surface area contributed by atoms with E-state index >= 15 is 0 Å². The second-order valence-electron chi connectivity index (χ2n) is 9.75. The first-order valence-electron chi connectivity index (χ1n) is 12.3. The van der Waals surface area contributed by atoms with Crippen molar-refractivity contribution in [1.29, 1.82) is 0 Å². The molecule has 18 heteroatoms. The normalized spacial score (nSPS) is 52.5. The van der Waals surface area contributed by atoms with Crippen molar-refractivity contribution in [2.75, 3.05) is 26.4 Å². The lowest BCUT2D eigenvalue weighted by Gasteiger charge is -2.39. The quantitative estimate of drug-likeness (QED) is 0.115. The molecule has 0 aromatic carbocycles. The van der Waals surface area contributed by atoms with Crippen LogP contribution in [0.3, 0.4) is 0 Å². The molecule has 228 valence electrons. The van der Waals surface area contributed by atoms with Crippen LogP contribution in [-0.2, 0) is 33.2 Å². The van der Waals surface area contributed by atoms with Crippen molar-refractivity contribution in [2.45, 2.75) is 105 Å². The van der Waals surface area contributed by atoms with Gasteiger partial charge in [0.1, 0.15) is 79.4 Å². The minimum absolute atomic E-state index is 0.434. The molecule has 4 unspecified atom stereocenters. The van der Waals surface area contributed by atoms with Gasteiger partial charge in [0.25, 0.3) is 0 Å².